The lowest BCUT2D eigenvalue weighted by Gasteiger charge is -2.17. The summed E-state index contributed by atoms with van der Waals surface area (Å²) < 4.78 is 5.36. The van der Waals surface area contributed by atoms with E-state index < -0.39 is 0 Å². The highest BCUT2D eigenvalue weighted by Crippen LogP contribution is 2.19. The van der Waals surface area contributed by atoms with Crippen LogP contribution in [0.1, 0.15) is 24.5 Å². The Labute approximate surface area is 83.5 Å². The van der Waals surface area contributed by atoms with E-state index in [0.29, 0.717) is 11.8 Å². The van der Waals surface area contributed by atoms with Gasteiger partial charge in [0.1, 0.15) is 12.4 Å². The fourth-order valence-electron chi connectivity index (χ4n) is 1.95. The van der Waals surface area contributed by atoms with E-state index in [1.54, 1.807) is 6.20 Å². The van der Waals surface area contributed by atoms with Crippen LogP contribution in [-0.4, -0.2) is 34.6 Å². The first-order valence-electron chi connectivity index (χ1n) is 5.04. The molecular weight excluding hydrogens is 180 g/mol. The van der Waals surface area contributed by atoms with Crippen molar-refractivity contribution in [1.82, 2.24) is 9.88 Å². The normalized spacial score (nSPS) is 23.1. The van der Waals surface area contributed by atoms with Crippen LogP contribution in [0.25, 0.3) is 0 Å². The van der Waals surface area contributed by atoms with Gasteiger partial charge >= 0.3 is 0 Å². The zero-order chi connectivity index (χ0) is 9.97. The van der Waals surface area contributed by atoms with Crippen LogP contribution in [0.5, 0.6) is 0 Å². The van der Waals surface area contributed by atoms with Crippen molar-refractivity contribution >= 4 is 0 Å². The second-order valence-electron chi connectivity index (χ2n) is 3.86. The molecule has 0 bridgehead atoms. The summed E-state index contributed by atoms with van der Waals surface area (Å²) in [7, 11) is 2.13. The standard InChI is InChI=1S/C10H16N2O2/c1-12-4-2-3-8(12)5-10-11-6-9(7-13)14-10/h6,8,13H,2-5,7H2,1H3. The molecular formula is C10H16N2O2. The van der Waals surface area contributed by atoms with Gasteiger partial charge in [0.05, 0.1) is 6.20 Å². The summed E-state index contributed by atoms with van der Waals surface area (Å²) in [6, 6.07) is 0.556. The molecule has 1 aliphatic heterocycles. The summed E-state index contributed by atoms with van der Waals surface area (Å²) in [6.07, 6.45) is 4.93. The molecule has 0 aromatic carbocycles. The lowest BCUT2D eigenvalue weighted by molar-refractivity contribution is 0.237. The Morgan fingerprint density at radius 3 is 3.14 bits per heavy atom. The molecule has 1 aromatic rings. The summed E-state index contributed by atoms with van der Waals surface area (Å²) in [4.78, 5) is 6.47. The van der Waals surface area contributed by atoms with Crippen LogP contribution in [0, 0.1) is 0 Å². The van der Waals surface area contributed by atoms with Gasteiger partial charge in [-0.05, 0) is 26.4 Å². The maximum absolute atomic E-state index is 8.82. The smallest absolute Gasteiger partial charge is 0.196 e. The monoisotopic (exact) mass is 196 g/mol. The summed E-state index contributed by atoms with van der Waals surface area (Å²) in [5.74, 6) is 1.30. The molecule has 0 aliphatic carbocycles. The predicted octanol–water partition coefficient (Wildman–Crippen LogP) is 0.804. The maximum atomic E-state index is 8.82. The Hall–Kier alpha value is -0.870. The summed E-state index contributed by atoms with van der Waals surface area (Å²) in [5, 5.41) is 8.82. The van der Waals surface area contributed by atoms with Crippen LogP contribution in [0.15, 0.2) is 10.6 Å². The van der Waals surface area contributed by atoms with Gasteiger partial charge in [0, 0.05) is 12.5 Å². The molecule has 4 heteroatoms. The fraction of sp³-hybridized carbons (Fsp3) is 0.700. The minimum Gasteiger partial charge on any atom is -0.443 e. The molecule has 1 unspecified atom stereocenters. The van der Waals surface area contributed by atoms with Crippen molar-refractivity contribution in [1.29, 1.82) is 0 Å². The molecule has 1 fully saturated rings. The molecule has 0 saturated carbocycles. The molecule has 14 heavy (non-hydrogen) atoms. The minimum atomic E-state index is -0.0620. The predicted molar refractivity (Wildman–Crippen MR) is 51.8 cm³/mol. The number of rotatable bonds is 3. The van der Waals surface area contributed by atoms with Gasteiger partial charge in [0.15, 0.2) is 5.89 Å². The van der Waals surface area contributed by atoms with Crippen LogP contribution >= 0.6 is 0 Å². The fourth-order valence-corrected chi connectivity index (χ4v) is 1.95. The first-order valence-corrected chi connectivity index (χ1v) is 5.04. The number of aromatic nitrogens is 1. The largest absolute Gasteiger partial charge is 0.443 e. The second-order valence-corrected chi connectivity index (χ2v) is 3.86. The number of hydrogen-bond acceptors (Lipinski definition) is 4. The summed E-state index contributed by atoms with van der Waals surface area (Å²) in [5.41, 5.74) is 0. The Kier molecular flexibility index (Phi) is 2.84. The quantitative estimate of drug-likeness (QED) is 0.777. The van der Waals surface area contributed by atoms with Crippen LogP contribution in [0.4, 0.5) is 0 Å². The topological polar surface area (TPSA) is 49.5 Å². The van der Waals surface area contributed by atoms with Gasteiger partial charge in [-0.1, -0.05) is 0 Å². The van der Waals surface area contributed by atoms with E-state index in [4.69, 9.17) is 9.52 Å². The Balaban J connectivity index is 1.96. The van der Waals surface area contributed by atoms with Crippen molar-refractivity contribution < 1.29 is 9.52 Å². The van der Waals surface area contributed by atoms with Crippen molar-refractivity contribution in [2.24, 2.45) is 0 Å². The Morgan fingerprint density at radius 2 is 2.57 bits per heavy atom. The molecule has 78 valence electrons. The highest BCUT2D eigenvalue weighted by atomic mass is 16.4. The second kappa shape index (κ2) is 4.11. The van der Waals surface area contributed by atoms with E-state index in [2.05, 4.69) is 16.9 Å². The first kappa shape index (κ1) is 9.68. The molecule has 0 radical (unpaired) electrons. The van der Waals surface area contributed by atoms with Crippen molar-refractivity contribution in [2.45, 2.75) is 31.9 Å². The molecule has 2 heterocycles. The van der Waals surface area contributed by atoms with E-state index in [1.165, 1.54) is 12.8 Å². The third-order valence-electron chi connectivity index (χ3n) is 2.84. The highest BCUT2D eigenvalue weighted by Gasteiger charge is 2.22. The molecule has 2 rings (SSSR count). The molecule has 1 atom stereocenters. The average molecular weight is 196 g/mol. The van der Waals surface area contributed by atoms with Gasteiger partial charge < -0.3 is 14.4 Å². The van der Waals surface area contributed by atoms with Crippen molar-refractivity contribution in [3.05, 3.63) is 17.8 Å². The highest BCUT2D eigenvalue weighted by molar-refractivity contribution is 4.95. The number of hydrogen-bond donors (Lipinski definition) is 1. The third kappa shape index (κ3) is 1.96. The molecule has 0 amide bonds. The number of likely N-dealkylation sites (N-methyl/N-ethyl adjacent to an activating group) is 1. The third-order valence-corrected chi connectivity index (χ3v) is 2.84. The van der Waals surface area contributed by atoms with E-state index in [-0.39, 0.29) is 6.61 Å². The van der Waals surface area contributed by atoms with E-state index in [0.717, 1.165) is 18.9 Å². The number of aliphatic hydroxyl groups is 1. The van der Waals surface area contributed by atoms with Gasteiger partial charge in [0.2, 0.25) is 0 Å². The van der Waals surface area contributed by atoms with Gasteiger partial charge in [-0.25, -0.2) is 4.98 Å². The van der Waals surface area contributed by atoms with Gasteiger partial charge in [-0.2, -0.15) is 0 Å². The number of nitrogens with zero attached hydrogens (tertiary/aromatic N) is 2. The van der Waals surface area contributed by atoms with Crippen LogP contribution in [0.3, 0.4) is 0 Å². The van der Waals surface area contributed by atoms with E-state index in [9.17, 15) is 0 Å². The first-order chi connectivity index (χ1) is 6.79. The average Bonchev–Trinajstić information content (AvgIpc) is 2.77. The number of likely N-dealkylation sites (tertiary alicyclic amines) is 1. The molecule has 1 saturated heterocycles. The molecule has 1 aliphatic rings. The van der Waals surface area contributed by atoms with E-state index in [1.807, 2.05) is 0 Å². The van der Waals surface area contributed by atoms with Crippen LogP contribution < -0.4 is 0 Å². The summed E-state index contributed by atoms with van der Waals surface area (Å²) in [6.45, 7) is 1.10. The Morgan fingerprint density at radius 1 is 1.71 bits per heavy atom. The van der Waals surface area contributed by atoms with Crippen LogP contribution in [-0.2, 0) is 13.0 Å². The minimum absolute atomic E-state index is 0.0620. The van der Waals surface area contributed by atoms with Gasteiger partial charge in [0.25, 0.3) is 0 Å². The zero-order valence-electron chi connectivity index (χ0n) is 8.44. The van der Waals surface area contributed by atoms with Crippen molar-refractivity contribution in [3.8, 4) is 0 Å². The molecule has 0 spiro atoms. The number of aliphatic hydroxyl groups excluding tert-OH is 1. The molecule has 1 aromatic heterocycles. The lowest BCUT2D eigenvalue weighted by atomic mass is 10.1. The van der Waals surface area contributed by atoms with Crippen molar-refractivity contribution in [3.63, 3.8) is 0 Å². The van der Waals surface area contributed by atoms with Gasteiger partial charge in [-0.15, -0.1) is 0 Å². The maximum Gasteiger partial charge on any atom is 0.196 e. The van der Waals surface area contributed by atoms with E-state index >= 15 is 0 Å². The zero-order valence-corrected chi connectivity index (χ0v) is 8.44. The SMILES string of the molecule is CN1CCCC1Cc1ncc(CO)o1. The van der Waals surface area contributed by atoms with Crippen molar-refractivity contribution in [2.75, 3.05) is 13.6 Å². The van der Waals surface area contributed by atoms with Gasteiger partial charge in [-0.3, -0.25) is 0 Å². The summed E-state index contributed by atoms with van der Waals surface area (Å²) >= 11 is 0. The molecule has 4 nitrogen and oxygen atoms in total. The Bertz CT molecular complexity index is 298. The molecule has 1 N–H and O–H groups in total. The lowest BCUT2D eigenvalue weighted by Crippen LogP contribution is -2.26. The van der Waals surface area contributed by atoms with Crippen LogP contribution in [0.2, 0.25) is 0 Å². The number of oxazole rings is 1.